The lowest BCUT2D eigenvalue weighted by molar-refractivity contribution is 0.0809. The third kappa shape index (κ3) is 4.40. The molecule has 0 fully saturated rings. The van der Waals surface area contributed by atoms with E-state index in [4.69, 9.17) is 10.5 Å². The van der Waals surface area contributed by atoms with Crippen LogP contribution in [-0.4, -0.2) is 41.7 Å². The minimum atomic E-state index is -1.62. The molecule has 1 amide bonds. The lowest BCUT2D eigenvalue weighted by atomic mass is 9.91. The molecule has 1 aliphatic heterocycles. The molecule has 2 heterocycles. The Bertz CT molecular complexity index is 931. The molecule has 2 aromatic rings. The van der Waals surface area contributed by atoms with E-state index in [9.17, 15) is 18.7 Å². The Kier molecular flexibility index (Phi) is 6.91. The Morgan fingerprint density at radius 3 is 2.82 bits per heavy atom. The molecule has 150 valence electrons. The number of aliphatic imine (C=N–C) groups is 1. The van der Waals surface area contributed by atoms with Gasteiger partial charge in [0.15, 0.2) is 5.69 Å². The van der Waals surface area contributed by atoms with Crippen molar-refractivity contribution in [3.05, 3.63) is 52.0 Å². The number of halogens is 4. The molecule has 0 unspecified atom stereocenters. The fourth-order valence-electron chi connectivity index (χ4n) is 2.70. The van der Waals surface area contributed by atoms with Gasteiger partial charge in [0.2, 0.25) is 0 Å². The summed E-state index contributed by atoms with van der Waals surface area (Å²) in [4.78, 5) is 20.2. The number of aromatic hydroxyl groups is 1. The number of carbonyl (C=O) groups is 1. The minimum Gasteiger partial charge on any atom is -0.505 e. The third-order valence-corrected chi connectivity index (χ3v) is 4.38. The van der Waals surface area contributed by atoms with Crippen molar-refractivity contribution >= 4 is 45.8 Å². The highest BCUT2D eigenvalue weighted by atomic mass is 79.9. The summed E-state index contributed by atoms with van der Waals surface area (Å²) < 4.78 is 33.9. The van der Waals surface area contributed by atoms with E-state index in [0.717, 1.165) is 6.07 Å². The van der Waals surface area contributed by atoms with E-state index in [-0.39, 0.29) is 54.2 Å². The highest BCUT2D eigenvalue weighted by molar-refractivity contribution is 9.10. The number of benzene rings is 1. The number of amides is 1. The molecular weight excluding hydrogens is 462 g/mol. The number of alkyl halides is 1. The van der Waals surface area contributed by atoms with Crippen molar-refractivity contribution in [1.82, 2.24) is 4.98 Å². The van der Waals surface area contributed by atoms with Gasteiger partial charge in [-0.25, -0.2) is 13.8 Å². The normalized spacial score (nSPS) is 18.8. The van der Waals surface area contributed by atoms with Gasteiger partial charge in [-0.2, -0.15) is 0 Å². The van der Waals surface area contributed by atoms with Crippen LogP contribution in [0, 0.1) is 5.82 Å². The first-order valence-corrected chi connectivity index (χ1v) is 8.58. The zero-order valence-corrected chi connectivity index (χ0v) is 16.7. The van der Waals surface area contributed by atoms with Crippen LogP contribution in [-0.2, 0) is 10.3 Å². The molecule has 1 aliphatic rings. The molecule has 28 heavy (non-hydrogen) atoms. The number of carbonyl (C=O) groups excluding carboxylic acids is 1. The van der Waals surface area contributed by atoms with E-state index in [2.05, 4.69) is 31.2 Å². The second kappa shape index (κ2) is 8.80. The number of hydrogen-bond donors (Lipinski definition) is 3. The lowest BCUT2D eigenvalue weighted by Gasteiger charge is -2.31. The van der Waals surface area contributed by atoms with Crippen LogP contribution in [0.4, 0.5) is 14.5 Å². The number of nitrogens with one attached hydrogen (secondary N) is 1. The fourth-order valence-corrected chi connectivity index (χ4v) is 3.01. The summed E-state index contributed by atoms with van der Waals surface area (Å²) in [5.41, 5.74) is 3.86. The zero-order chi connectivity index (χ0) is 19.6. The topological polar surface area (TPSA) is 110 Å². The quantitative estimate of drug-likeness (QED) is 0.627. The molecule has 0 bridgehead atoms. The average Bonchev–Trinajstić information content (AvgIpc) is 2.63. The largest absolute Gasteiger partial charge is 0.505 e. The van der Waals surface area contributed by atoms with Gasteiger partial charge in [0.05, 0.1) is 6.61 Å². The molecule has 1 aromatic carbocycles. The minimum absolute atomic E-state index is 0. The highest BCUT2D eigenvalue weighted by Crippen LogP contribution is 2.33. The summed E-state index contributed by atoms with van der Waals surface area (Å²) in [5.74, 6) is -1.70. The zero-order valence-electron chi connectivity index (χ0n) is 14.3. The number of ether oxygens (including phenoxy) is 1. The van der Waals surface area contributed by atoms with E-state index in [1.54, 1.807) is 0 Å². The first-order chi connectivity index (χ1) is 12.8. The molecule has 0 saturated heterocycles. The summed E-state index contributed by atoms with van der Waals surface area (Å²) in [6.07, 6.45) is 1.35. The van der Waals surface area contributed by atoms with E-state index in [0.29, 0.717) is 4.47 Å². The second-order valence-electron chi connectivity index (χ2n) is 5.93. The van der Waals surface area contributed by atoms with Crippen LogP contribution in [0.3, 0.4) is 0 Å². The molecule has 7 nitrogen and oxygen atoms in total. The molecule has 0 aliphatic carbocycles. The smallest absolute Gasteiger partial charge is 0.278 e. The van der Waals surface area contributed by atoms with Crippen molar-refractivity contribution in [2.45, 2.75) is 5.54 Å². The summed E-state index contributed by atoms with van der Waals surface area (Å²) in [6, 6.07) is 4.95. The van der Waals surface area contributed by atoms with Crippen LogP contribution >= 0.6 is 28.3 Å². The van der Waals surface area contributed by atoms with Crippen LogP contribution in [0.2, 0.25) is 0 Å². The molecule has 1 atom stereocenters. The Hall–Kier alpha value is -2.30. The number of anilines is 1. The number of hydrogen-bond acceptors (Lipinski definition) is 6. The first-order valence-electron chi connectivity index (χ1n) is 7.78. The predicted octanol–water partition coefficient (Wildman–Crippen LogP) is 2.92. The number of nitrogens with two attached hydrogens (primary N) is 1. The van der Waals surface area contributed by atoms with E-state index in [1.807, 2.05) is 0 Å². The number of amidine groups is 1. The second-order valence-corrected chi connectivity index (χ2v) is 6.85. The van der Waals surface area contributed by atoms with Crippen LogP contribution in [0.25, 0.3) is 0 Å². The molecule has 3 rings (SSSR count). The van der Waals surface area contributed by atoms with E-state index < -0.39 is 23.9 Å². The standard InChI is InChI=1S/C17H15BrF2N4O3.ClH/c18-9-3-13(25)15(22-5-9)16(26)23-10-1-2-12(20)11(4-10)17(7-19)8-27-6-14(21)24-17;/h1-5,25H,6-8H2,(H2,21,24)(H,23,26);1H/t17-;/m0./s1. The summed E-state index contributed by atoms with van der Waals surface area (Å²) in [7, 11) is 0. The Labute approximate surface area is 173 Å². The molecule has 0 saturated carbocycles. The summed E-state index contributed by atoms with van der Waals surface area (Å²) in [5, 5.41) is 12.3. The molecule has 0 radical (unpaired) electrons. The van der Waals surface area contributed by atoms with Crippen molar-refractivity contribution in [1.29, 1.82) is 0 Å². The van der Waals surface area contributed by atoms with Crippen molar-refractivity contribution in [3.63, 3.8) is 0 Å². The Balaban J connectivity index is 0.00000280. The van der Waals surface area contributed by atoms with Gasteiger partial charge < -0.3 is 20.9 Å². The van der Waals surface area contributed by atoms with Crippen LogP contribution in [0.15, 0.2) is 39.9 Å². The van der Waals surface area contributed by atoms with Crippen LogP contribution in [0.5, 0.6) is 5.75 Å². The molecule has 4 N–H and O–H groups in total. The lowest BCUT2D eigenvalue weighted by Crippen LogP contribution is -2.42. The monoisotopic (exact) mass is 476 g/mol. The average molecular weight is 478 g/mol. The van der Waals surface area contributed by atoms with Gasteiger partial charge in [-0.1, -0.05) is 0 Å². The maximum atomic E-state index is 14.4. The van der Waals surface area contributed by atoms with E-state index >= 15 is 0 Å². The Morgan fingerprint density at radius 2 is 2.18 bits per heavy atom. The van der Waals surface area contributed by atoms with Gasteiger partial charge >= 0.3 is 0 Å². The maximum absolute atomic E-state index is 14.4. The van der Waals surface area contributed by atoms with Crippen LogP contribution < -0.4 is 11.1 Å². The van der Waals surface area contributed by atoms with Crippen molar-refractivity contribution in [3.8, 4) is 5.75 Å². The highest BCUT2D eigenvalue weighted by Gasteiger charge is 2.38. The maximum Gasteiger partial charge on any atom is 0.278 e. The predicted molar refractivity (Wildman–Crippen MR) is 105 cm³/mol. The first kappa shape index (κ1) is 22.0. The van der Waals surface area contributed by atoms with Crippen molar-refractivity contribution in [2.75, 3.05) is 25.2 Å². The van der Waals surface area contributed by atoms with Gasteiger partial charge in [0.25, 0.3) is 5.91 Å². The van der Waals surface area contributed by atoms with Crippen molar-refractivity contribution < 1.29 is 23.4 Å². The number of nitrogens with zero attached hydrogens (tertiary/aromatic N) is 2. The SMILES string of the molecule is Cl.NC1=N[C@](CF)(c2cc(NC(=O)c3ncc(Br)cc3O)ccc2F)COC1. The third-order valence-electron chi connectivity index (χ3n) is 3.94. The number of rotatable bonds is 4. The van der Waals surface area contributed by atoms with Gasteiger partial charge in [-0.3, -0.25) is 9.79 Å². The molecule has 0 spiro atoms. The van der Waals surface area contributed by atoms with Gasteiger partial charge in [0, 0.05) is 21.9 Å². The summed E-state index contributed by atoms with van der Waals surface area (Å²) >= 11 is 3.13. The van der Waals surface area contributed by atoms with Gasteiger partial charge in [-0.05, 0) is 40.2 Å². The van der Waals surface area contributed by atoms with Gasteiger partial charge in [-0.15, -0.1) is 12.4 Å². The van der Waals surface area contributed by atoms with Crippen molar-refractivity contribution in [2.24, 2.45) is 10.7 Å². The Morgan fingerprint density at radius 1 is 1.43 bits per heavy atom. The molecule has 11 heteroatoms. The molecule has 1 aromatic heterocycles. The fraction of sp³-hybridized carbons (Fsp3) is 0.235. The number of aromatic nitrogens is 1. The molecular formula is C17H16BrClF2N4O3. The summed E-state index contributed by atoms with van der Waals surface area (Å²) in [6.45, 7) is -1.18. The van der Waals surface area contributed by atoms with Gasteiger partial charge in [0.1, 0.15) is 36.2 Å². The number of pyridine rings is 1. The van der Waals surface area contributed by atoms with Crippen LogP contribution in [0.1, 0.15) is 16.1 Å². The van der Waals surface area contributed by atoms with E-state index in [1.165, 1.54) is 24.4 Å².